The number of aryl methyl sites for hydroxylation is 4. The van der Waals surface area contributed by atoms with Crippen LogP contribution >= 0.6 is 0 Å². The summed E-state index contributed by atoms with van der Waals surface area (Å²) in [5.41, 5.74) is 7.01. The summed E-state index contributed by atoms with van der Waals surface area (Å²) in [6.07, 6.45) is 0. The van der Waals surface area contributed by atoms with Crippen molar-refractivity contribution in [3.8, 4) is 0 Å². The van der Waals surface area contributed by atoms with E-state index in [4.69, 9.17) is 0 Å². The van der Waals surface area contributed by atoms with E-state index in [-0.39, 0.29) is 18.4 Å². The topological polar surface area (TPSA) is 104 Å². The van der Waals surface area contributed by atoms with Crippen LogP contribution in [0.1, 0.15) is 22.3 Å². The minimum atomic E-state index is -0.204. The van der Waals surface area contributed by atoms with Crippen LogP contribution in [0.25, 0.3) is 0 Å². The Morgan fingerprint density at radius 3 is 1.71 bits per heavy atom. The van der Waals surface area contributed by atoms with Crippen LogP contribution in [-0.2, 0) is 4.79 Å². The average Bonchev–Trinajstić information content (AvgIpc) is 2.82. The quantitative estimate of drug-likeness (QED) is 0.266. The number of hydrogen-bond acceptors (Lipinski definition) is 7. The number of anilines is 6. The molecular weight excluding hydrogens is 438 g/mol. The lowest BCUT2D eigenvalue weighted by Gasteiger charge is -2.14. The molecule has 0 aliphatic carbocycles. The molecular formula is C27H29N7O. The first-order valence-corrected chi connectivity index (χ1v) is 11.4. The first kappa shape index (κ1) is 23.7. The fourth-order valence-electron chi connectivity index (χ4n) is 3.60. The third kappa shape index (κ3) is 6.54. The Morgan fingerprint density at radius 2 is 1.20 bits per heavy atom. The van der Waals surface area contributed by atoms with Gasteiger partial charge in [-0.3, -0.25) is 4.79 Å². The van der Waals surface area contributed by atoms with E-state index >= 15 is 0 Å². The summed E-state index contributed by atoms with van der Waals surface area (Å²) in [5.74, 6) is 0.808. The van der Waals surface area contributed by atoms with Crippen molar-refractivity contribution >= 4 is 40.8 Å². The first-order valence-electron chi connectivity index (χ1n) is 11.4. The van der Waals surface area contributed by atoms with Crippen LogP contribution < -0.4 is 21.3 Å². The number of para-hydroxylation sites is 1. The average molecular weight is 468 g/mol. The lowest BCUT2D eigenvalue weighted by Crippen LogP contribution is -2.23. The number of nitrogens with one attached hydrogen (secondary N) is 4. The minimum Gasteiger partial charge on any atom is -0.345 e. The maximum Gasteiger partial charge on any atom is 0.243 e. The molecule has 1 heterocycles. The van der Waals surface area contributed by atoms with Crippen LogP contribution in [0.5, 0.6) is 0 Å². The molecule has 4 rings (SSSR count). The number of benzene rings is 3. The molecule has 0 fully saturated rings. The van der Waals surface area contributed by atoms with E-state index in [0.717, 1.165) is 28.2 Å². The molecule has 0 aliphatic heterocycles. The van der Waals surface area contributed by atoms with Gasteiger partial charge >= 0.3 is 0 Å². The molecule has 178 valence electrons. The van der Waals surface area contributed by atoms with Gasteiger partial charge in [0.2, 0.25) is 23.8 Å². The van der Waals surface area contributed by atoms with Crippen LogP contribution in [0.3, 0.4) is 0 Å². The third-order valence-electron chi connectivity index (χ3n) is 5.36. The fraction of sp³-hybridized carbons (Fsp3) is 0.185. The van der Waals surface area contributed by atoms with Crippen molar-refractivity contribution in [1.82, 2.24) is 15.0 Å². The second-order valence-electron chi connectivity index (χ2n) is 8.46. The third-order valence-corrected chi connectivity index (χ3v) is 5.36. The second kappa shape index (κ2) is 10.6. The lowest BCUT2D eigenvalue weighted by atomic mass is 10.1. The van der Waals surface area contributed by atoms with Gasteiger partial charge in [-0.2, -0.15) is 15.0 Å². The summed E-state index contributed by atoms with van der Waals surface area (Å²) in [4.78, 5) is 25.9. The van der Waals surface area contributed by atoms with Crippen LogP contribution in [0.15, 0.2) is 66.7 Å². The normalized spacial score (nSPS) is 10.5. The van der Waals surface area contributed by atoms with Gasteiger partial charge < -0.3 is 21.3 Å². The molecule has 35 heavy (non-hydrogen) atoms. The fourth-order valence-corrected chi connectivity index (χ4v) is 3.60. The highest BCUT2D eigenvalue weighted by molar-refractivity contribution is 5.93. The Bertz CT molecular complexity index is 1270. The largest absolute Gasteiger partial charge is 0.345 e. The van der Waals surface area contributed by atoms with Gasteiger partial charge in [0.15, 0.2) is 0 Å². The van der Waals surface area contributed by atoms with Crippen LogP contribution in [0.4, 0.5) is 34.9 Å². The van der Waals surface area contributed by atoms with Gasteiger partial charge in [-0.05, 0) is 63.1 Å². The summed E-state index contributed by atoms with van der Waals surface area (Å²) in [5, 5.41) is 12.4. The van der Waals surface area contributed by atoms with Crippen molar-refractivity contribution in [3.05, 3.63) is 89.0 Å². The van der Waals surface area contributed by atoms with Gasteiger partial charge in [0.05, 0.1) is 6.54 Å². The van der Waals surface area contributed by atoms with Gasteiger partial charge in [-0.15, -0.1) is 0 Å². The Hall–Kier alpha value is -4.46. The molecule has 1 amide bonds. The first-order chi connectivity index (χ1) is 16.9. The monoisotopic (exact) mass is 467 g/mol. The summed E-state index contributed by atoms with van der Waals surface area (Å²) < 4.78 is 0. The Labute approximate surface area is 205 Å². The van der Waals surface area contributed by atoms with E-state index in [1.54, 1.807) is 0 Å². The highest BCUT2D eigenvalue weighted by Gasteiger charge is 2.11. The van der Waals surface area contributed by atoms with E-state index < -0.39 is 0 Å². The van der Waals surface area contributed by atoms with Crippen molar-refractivity contribution in [3.63, 3.8) is 0 Å². The van der Waals surface area contributed by atoms with Crippen LogP contribution in [0, 0.1) is 27.7 Å². The van der Waals surface area contributed by atoms with Gasteiger partial charge in [0.25, 0.3) is 0 Å². The molecule has 8 nitrogen and oxygen atoms in total. The zero-order valence-corrected chi connectivity index (χ0v) is 20.3. The SMILES string of the molecule is Cc1ccc(Nc2nc(NCC(=O)Nc3ccccc3)nc(Nc3ccc(C)cc3C)n2)c(C)c1. The molecule has 4 aromatic rings. The van der Waals surface area contributed by atoms with Gasteiger partial charge in [0.1, 0.15) is 0 Å². The second-order valence-corrected chi connectivity index (χ2v) is 8.46. The standard InChI is InChI=1S/C27H29N7O/c1-17-10-12-22(19(3)14-17)30-26-32-25(28-16-24(35)29-21-8-6-5-7-9-21)33-27(34-26)31-23-13-11-18(2)15-20(23)4/h5-15H,16H2,1-4H3,(H,29,35)(H3,28,30,31,32,33,34). The molecule has 8 heteroatoms. The maximum absolute atomic E-state index is 12.4. The predicted octanol–water partition coefficient (Wildman–Crippen LogP) is 5.64. The minimum absolute atomic E-state index is 0.00487. The van der Waals surface area contributed by atoms with Crippen molar-refractivity contribution in [2.75, 3.05) is 27.8 Å². The molecule has 0 aliphatic rings. The van der Waals surface area contributed by atoms with Crippen LogP contribution in [-0.4, -0.2) is 27.4 Å². The van der Waals surface area contributed by atoms with Crippen molar-refractivity contribution < 1.29 is 4.79 Å². The highest BCUT2D eigenvalue weighted by Crippen LogP contribution is 2.23. The number of carbonyl (C=O) groups is 1. The lowest BCUT2D eigenvalue weighted by molar-refractivity contribution is -0.114. The number of amides is 1. The Kier molecular flexibility index (Phi) is 7.21. The van der Waals surface area contributed by atoms with Crippen molar-refractivity contribution in [2.45, 2.75) is 27.7 Å². The molecule has 0 spiro atoms. The van der Waals surface area contributed by atoms with E-state index in [1.165, 1.54) is 11.1 Å². The smallest absolute Gasteiger partial charge is 0.243 e. The summed E-state index contributed by atoms with van der Waals surface area (Å²) >= 11 is 0. The molecule has 0 bridgehead atoms. The molecule has 0 unspecified atom stereocenters. The molecule has 0 saturated heterocycles. The van der Waals surface area contributed by atoms with Crippen LogP contribution in [0.2, 0.25) is 0 Å². The Balaban J connectivity index is 1.56. The zero-order valence-electron chi connectivity index (χ0n) is 20.3. The number of carbonyl (C=O) groups excluding carboxylic acids is 1. The summed E-state index contributed by atoms with van der Waals surface area (Å²) in [7, 11) is 0. The number of aromatic nitrogens is 3. The number of rotatable bonds is 8. The van der Waals surface area contributed by atoms with Gasteiger partial charge in [0, 0.05) is 17.1 Å². The predicted molar refractivity (Wildman–Crippen MR) is 142 cm³/mol. The highest BCUT2D eigenvalue weighted by atomic mass is 16.1. The van der Waals surface area contributed by atoms with E-state index in [9.17, 15) is 4.79 Å². The maximum atomic E-state index is 12.4. The summed E-state index contributed by atoms with van der Waals surface area (Å²) in [6, 6.07) is 21.5. The Morgan fingerprint density at radius 1 is 0.686 bits per heavy atom. The number of hydrogen-bond donors (Lipinski definition) is 4. The summed E-state index contributed by atoms with van der Waals surface area (Å²) in [6.45, 7) is 8.16. The molecule has 0 atom stereocenters. The molecule has 0 radical (unpaired) electrons. The van der Waals surface area contributed by atoms with E-state index in [1.807, 2.05) is 82.3 Å². The van der Waals surface area contributed by atoms with E-state index in [2.05, 4.69) is 48.4 Å². The van der Waals surface area contributed by atoms with E-state index in [0.29, 0.717) is 11.9 Å². The van der Waals surface area contributed by atoms with Gasteiger partial charge in [-0.25, -0.2) is 0 Å². The molecule has 0 saturated carbocycles. The van der Waals surface area contributed by atoms with Crippen molar-refractivity contribution in [2.24, 2.45) is 0 Å². The van der Waals surface area contributed by atoms with Crippen molar-refractivity contribution in [1.29, 1.82) is 0 Å². The van der Waals surface area contributed by atoms with Gasteiger partial charge in [-0.1, -0.05) is 53.6 Å². The molecule has 3 aromatic carbocycles. The number of nitrogens with zero attached hydrogens (tertiary/aromatic N) is 3. The molecule has 4 N–H and O–H groups in total. The zero-order chi connectivity index (χ0) is 24.8. The molecule has 1 aromatic heterocycles.